The van der Waals surface area contributed by atoms with Crippen LogP contribution in [0.5, 0.6) is 5.75 Å². The average molecular weight is 402 g/mol. The molecule has 2 N–H and O–H groups in total. The van der Waals surface area contributed by atoms with Gasteiger partial charge in [0.25, 0.3) is 10.0 Å². The molecule has 0 atom stereocenters. The van der Waals surface area contributed by atoms with Crippen molar-refractivity contribution in [3.05, 3.63) is 64.7 Å². The number of anilines is 1. The van der Waals surface area contributed by atoms with Crippen LogP contribution in [0.15, 0.2) is 53.7 Å². The Hall–Kier alpha value is -2.29. The first-order valence-electron chi connectivity index (χ1n) is 6.79. The van der Waals surface area contributed by atoms with E-state index in [2.05, 4.69) is 9.82 Å². The maximum absolute atomic E-state index is 14.3. The zero-order valence-electron chi connectivity index (χ0n) is 12.3. The van der Waals surface area contributed by atoms with Gasteiger partial charge in [-0.3, -0.25) is 4.72 Å². The molecule has 6 nitrogen and oxygen atoms in total. The predicted molar refractivity (Wildman–Crippen MR) is 92.5 cm³/mol. The van der Waals surface area contributed by atoms with Gasteiger partial charge < -0.3 is 5.11 Å². The van der Waals surface area contributed by atoms with Crippen molar-refractivity contribution in [2.45, 2.75) is 4.90 Å². The number of phenols is 1. The topological polar surface area (TPSA) is 84.2 Å². The molecule has 3 rings (SSSR count). The maximum atomic E-state index is 14.3. The monoisotopic (exact) mass is 401 g/mol. The van der Waals surface area contributed by atoms with Gasteiger partial charge in [0.15, 0.2) is 5.75 Å². The summed E-state index contributed by atoms with van der Waals surface area (Å²) in [5, 5.41) is 13.7. The molecule has 0 aliphatic heterocycles. The molecule has 0 radical (unpaired) electrons. The zero-order chi connectivity index (χ0) is 18.2. The summed E-state index contributed by atoms with van der Waals surface area (Å²) < 4.78 is 42.9. The summed E-state index contributed by atoms with van der Waals surface area (Å²) >= 11 is 11.6. The minimum Gasteiger partial charge on any atom is -0.505 e. The van der Waals surface area contributed by atoms with Crippen LogP contribution < -0.4 is 4.72 Å². The summed E-state index contributed by atoms with van der Waals surface area (Å²) in [5.74, 6) is -1.50. The summed E-state index contributed by atoms with van der Waals surface area (Å²) in [5.41, 5.74) is -0.164. The third kappa shape index (κ3) is 3.41. The number of benzene rings is 2. The number of rotatable bonds is 4. The van der Waals surface area contributed by atoms with Crippen molar-refractivity contribution in [1.29, 1.82) is 0 Å². The lowest BCUT2D eigenvalue weighted by Gasteiger charge is -2.14. The van der Waals surface area contributed by atoms with Gasteiger partial charge in [0, 0.05) is 17.4 Å². The van der Waals surface area contributed by atoms with E-state index in [1.54, 1.807) is 6.07 Å². The molecule has 25 heavy (non-hydrogen) atoms. The first-order chi connectivity index (χ1) is 11.8. The number of halogens is 3. The predicted octanol–water partition coefficient (Wildman–Crippen LogP) is 3.82. The lowest BCUT2D eigenvalue weighted by Crippen LogP contribution is -2.16. The van der Waals surface area contributed by atoms with E-state index in [9.17, 15) is 17.9 Å². The van der Waals surface area contributed by atoms with Gasteiger partial charge >= 0.3 is 0 Å². The highest BCUT2D eigenvalue weighted by Crippen LogP contribution is 2.36. The van der Waals surface area contributed by atoms with E-state index in [4.69, 9.17) is 23.2 Å². The van der Waals surface area contributed by atoms with Crippen LogP contribution >= 0.6 is 23.2 Å². The number of para-hydroxylation sites is 1. The molecule has 0 fully saturated rings. The van der Waals surface area contributed by atoms with Gasteiger partial charge in [0.05, 0.1) is 10.7 Å². The van der Waals surface area contributed by atoms with Gasteiger partial charge in [-0.15, -0.1) is 0 Å². The fraction of sp³-hybridized carbons (Fsp3) is 0. The van der Waals surface area contributed by atoms with Crippen molar-refractivity contribution in [3.63, 3.8) is 0 Å². The van der Waals surface area contributed by atoms with Crippen LogP contribution in [0, 0.1) is 5.82 Å². The second-order valence-corrected chi connectivity index (χ2v) is 7.42. The molecule has 0 bridgehead atoms. The molecule has 3 aromatic rings. The van der Waals surface area contributed by atoms with Gasteiger partial charge in [-0.1, -0.05) is 29.3 Å². The Balaban J connectivity index is 2.12. The Morgan fingerprint density at radius 2 is 1.96 bits per heavy atom. The SMILES string of the molecule is O=S(=O)(Nc1c(F)cccc1-n1cccn1)c1cc(Cl)cc(Cl)c1O. The van der Waals surface area contributed by atoms with Crippen molar-refractivity contribution in [1.82, 2.24) is 9.78 Å². The summed E-state index contributed by atoms with van der Waals surface area (Å²) in [4.78, 5) is -0.570. The molecule has 0 unspecified atom stereocenters. The molecule has 0 aliphatic rings. The van der Waals surface area contributed by atoms with Crippen LogP contribution in [-0.4, -0.2) is 23.3 Å². The van der Waals surface area contributed by atoms with E-state index in [1.165, 1.54) is 35.3 Å². The molecule has 130 valence electrons. The van der Waals surface area contributed by atoms with Crippen molar-refractivity contribution in [2.75, 3.05) is 4.72 Å². The van der Waals surface area contributed by atoms with Gasteiger partial charge in [0.2, 0.25) is 0 Å². The number of aromatic hydroxyl groups is 1. The lowest BCUT2D eigenvalue weighted by atomic mass is 10.2. The van der Waals surface area contributed by atoms with Gasteiger partial charge in [-0.05, 0) is 30.3 Å². The highest BCUT2D eigenvalue weighted by molar-refractivity contribution is 7.92. The lowest BCUT2D eigenvalue weighted by molar-refractivity contribution is 0.459. The molecular formula is C15H10Cl2FN3O3S. The normalized spacial score (nSPS) is 11.5. The quantitative estimate of drug-likeness (QED) is 0.695. The zero-order valence-corrected chi connectivity index (χ0v) is 14.6. The van der Waals surface area contributed by atoms with E-state index in [0.717, 1.165) is 12.1 Å². The second-order valence-electron chi connectivity index (χ2n) is 4.92. The Morgan fingerprint density at radius 1 is 1.20 bits per heavy atom. The number of hydrogen-bond donors (Lipinski definition) is 2. The van der Waals surface area contributed by atoms with E-state index in [1.807, 2.05) is 0 Å². The molecule has 10 heteroatoms. The van der Waals surface area contributed by atoms with Crippen LogP contribution in [0.25, 0.3) is 5.69 Å². The second kappa shape index (κ2) is 6.55. The van der Waals surface area contributed by atoms with Gasteiger partial charge in [-0.2, -0.15) is 5.10 Å². The molecular weight excluding hydrogens is 392 g/mol. The number of hydrogen-bond acceptors (Lipinski definition) is 4. The molecule has 1 heterocycles. The van der Waals surface area contributed by atoms with Crippen LogP contribution in [0.3, 0.4) is 0 Å². The van der Waals surface area contributed by atoms with Gasteiger partial charge in [0.1, 0.15) is 16.4 Å². The Kier molecular flexibility index (Phi) is 4.59. The summed E-state index contributed by atoms with van der Waals surface area (Å²) in [7, 11) is -4.38. The van der Waals surface area contributed by atoms with E-state index in [0.29, 0.717) is 0 Å². The van der Waals surface area contributed by atoms with Crippen molar-refractivity contribution < 1.29 is 17.9 Å². The summed E-state index contributed by atoms with van der Waals surface area (Å²) in [6.45, 7) is 0. The minimum absolute atomic E-state index is 0.00371. The molecule has 0 saturated heterocycles. The molecule has 0 saturated carbocycles. The van der Waals surface area contributed by atoms with Crippen molar-refractivity contribution in [2.24, 2.45) is 0 Å². The number of phenolic OH excluding ortho intramolecular Hbond substituents is 1. The van der Waals surface area contributed by atoms with Crippen LogP contribution in [0.1, 0.15) is 0 Å². The highest BCUT2D eigenvalue weighted by atomic mass is 35.5. The molecule has 2 aromatic carbocycles. The fourth-order valence-corrected chi connectivity index (χ4v) is 3.99. The number of sulfonamides is 1. The van der Waals surface area contributed by atoms with Crippen LogP contribution in [0.4, 0.5) is 10.1 Å². The largest absolute Gasteiger partial charge is 0.505 e. The molecule has 0 aliphatic carbocycles. The summed E-state index contributed by atoms with van der Waals surface area (Å²) in [6, 6.07) is 7.80. The van der Waals surface area contributed by atoms with Crippen molar-refractivity contribution in [3.8, 4) is 11.4 Å². The van der Waals surface area contributed by atoms with E-state index < -0.39 is 26.5 Å². The highest BCUT2D eigenvalue weighted by Gasteiger charge is 2.24. The maximum Gasteiger partial charge on any atom is 0.265 e. The smallest absolute Gasteiger partial charge is 0.265 e. The first kappa shape index (κ1) is 17.5. The Labute approximate surface area is 152 Å². The minimum atomic E-state index is -4.38. The average Bonchev–Trinajstić information content (AvgIpc) is 3.06. The number of nitrogens with zero attached hydrogens (tertiary/aromatic N) is 2. The van der Waals surface area contributed by atoms with E-state index >= 15 is 0 Å². The summed E-state index contributed by atoms with van der Waals surface area (Å²) in [6.07, 6.45) is 2.99. The molecule has 1 aromatic heterocycles. The fourth-order valence-electron chi connectivity index (χ4n) is 2.15. The van der Waals surface area contributed by atoms with Crippen molar-refractivity contribution >= 4 is 38.9 Å². The van der Waals surface area contributed by atoms with Crippen LogP contribution in [0.2, 0.25) is 10.0 Å². The Morgan fingerprint density at radius 3 is 2.64 bits per heavy atom. The number of nitrogens with one attached hydrogen (secondary N) is 1. The van der Waals surface area contributed by atoms with Crippen LogP contribution in [-0.2, 0) is 10.0 Å². The van der Waals surface area contributed by atoms with E-state index in [-0.39, 0.29) is 21.4 Å². The first-order valence-corrected chi connectivity index (χ1v) is 9.03. The molecule has 0 spiro atoms. The number of aromatic nitrogens is 2. The standard InChI is InChI=1S/C15H10Cl2FN3O3S/c16-9-7-10(17)15(22)13(8-9)25(23,24)20-14-11(18)3-1-4-12(14)21-6-2-5-19-21/h1-8,20,22H. The third-order valence-corrected chi connectivity index (χ3v) is 5.13. The van der Waals surface area contributed by atoms with Gasteiger partial charge in [-0.25, -0.2) is 17.5 Å². The molecule has 0 amide bonds. The third-order valence-electron chi connectivity index (χ3n) is 3.26. The Bertz CT molecular complexity index is 1040.